The zero-order valence-corrected chi connectivity index (χ0v) is 9.78. The quantitative estimate of drug-likeness (QED) is 0.582. The molecule has 1 aliphatic rings. The number of hydrogen-bond acceptors (Lipinski definition) is 0. The van der Waals surface area contributed by atoms with Crippen molar-refractivity contribution in [1.29, 1.82) is 0 Å². The van der Waals surface area contributed by atoms with Gasteiger partial charge in [0.25, 0.3) is 0 Å². The van der Waals surface area contributed by atoms with Gasteiger partial charge in [0.05, 0.1) is 0 Å². The summed E-state index contributed by atoms with van der Waals surface area (Å²) in [7, 11) is 0. The largest absolute Gasteiger partial charge is 0.0649 e. The van der Waals surface area contributed by atoms with Gasteiger partial charge in [0.2, 0.25) is 0 Å². The van der Waals surface area contributed by atoms with Crippen LogP contribution in [-0.2, 0) is 0 Å². The van der Waals surface area contributed by atoms with E-state index in [2.05, 4.69) is 48.5 Å². The standard InChI is InChI=1S/C12H24/c1-8-10(3,4)12(7)9(2)11(12,5)6/h9H,8H2,1-7H3. The molecule has 2 atom stereocenters. The lowest BCUT2D eigenvalue weighted by Crippen LogP contribution is -2.26. The first-order valence-corrected chi connectivity index (χ1v) is 5.22. The Kier molecular flexibility index (Phi) is 1.91. The van der Waals surface area contributed by atoms with E-state index in [1.54, 1.807) is 0 Å². The summed E-state index contributed by atoms with van der Waals surface area (Å²) in [5, 5.41) is 0. The molecule has 72 valence electrons. The van der Waals surface area contributed by atoms with E-state index >= 15 is 0 Å². The van der Waals surface area contributed by atoms with E-state index in [-0.39, 0.29) is 0 Å². The van der Waals surface area contributed by atoms with Crippen molar-refractivity contribution in [2.24, 2.45) is 22.2 Å². The average Bonchev–Trinajstić information content (AvgIpc) is 2.36. The summed E-state index contributed by atoms with van der Waals surface area (Å²) < 4.78 is 0. The number of hydrogen-bond donors (Lipinski definition) is 0. The van der Waals surface area contributed by atoms with Crippen LogP contribution < -0.4 is 0 Å². The summed E-state index contributed by atoms with van der Waals surface area (Å²) in [4.78, 5) is 0. The molecule has 12 heavy (non-hydrogen) atoms. The first kappa shape index (κ1) is 10.1. The van der Waals surface area contributed by atoms with Gasteiger partial charge >= 0.3 is 0 Å². The smallest absolute Gasteiger partial charge is 0.0190 e. The monoisotopic (exact) mass is 168 g/mol. The lowest BCUT2D eigenvalue weighted by atomic mass is 9.70. The molecule has 0 bridgehead atoms. The van der Waals surface area contributed by atoms with E-state index in [9.17, 15) is 0 Å². The maximum atomic E-state index is 2.46. The van der Waals surface area contributed by atoms with E-state index in [0.717, 1.165) is 5.92 Å². The molecule has 0 heterocycles. The molecule has 1 fully saturated rings. The highest BCUT2D eigenvalue weighted by Crippen LogP contribution is 2.76. The molecule has 1 rings (SSSR count). The van der Waals surface area contributed by atoms with Crippen LogP contribution in [0.4, 0.5) is 0 Å². The first-order valence-electron chi connectivity index (χ1n) is 5.22. The van der Waals surface area contributed by atoms with E-state index < -0.39 is 0 Å². The zero-order chi connectivity index (χ0) is 9.78. The third-order valence-electron chi connectivity index (χ3n) is 5.49. The van der Waals surface area contributed by atoms with Gasteiger partial charge in [0.15, 0.2) is 0 Å². The van der Waals surface area contributed by atoms with Crippen molar-refractivity contribution in [3.8, 4) is 0 Å². The van der Waals surface area contributed by atoms with Gasteiger partial charge in [-0.15, -0.1) is 0 Å². The lowest BCUT2D eigenvalue weighted by molar-refractivity contribution is 0.148. The van der Waals surface area contributed by atoms with Gasteiger partial charge in [-0.1, -0.05) is 54.9 Å². The molecule has 1 aliphatic carbocycles. The average molecular weight is 168 g/mol. The molecule has 0 amide bonds. The van der Waals surface area contributed by atoms with Gasteiger partial charge in [-0.2, -0.15) is 0 Å². The Hall–Kier alpha value is 0. The SMILES string of the molecule is CCC(C)(C)C1(C)C(C)C1(C)C. The topological polar surface area (TPSA) is 0 Å². The summed E-state index contributed by atoms with van der Waals surface area (Å²) in [6.07, 6.45) is 1.29. The summed E-state index contributed by atoms with van der Waals surface area (Å²) >= 11 is 0. The molecular formula is C12H24. The van der Waals surface area contributed by atoms with Crippen LogP contribution in [0, 0.1) is 22.2 Å². The lowest BCUT2D eigenvalue weighted by Gasteiger charge is -2.34. The fraction of sp³-hybridized carbons (Fsp3) is 1.00. The Labute approximate surface area is 77.7 Å². The molecule has 2 unspecified atom stereocenters. The maximum Gasteiger partial charge on any atom is -0.0190 e. The predicted octanol–water partition coefficient (Wildman–Crippen LogP) is 4.10. The van der Waals surface area contributed by atoms with Crippen LogP contribution in [0.5, 0.6) is 0 Å². The minimum Gasteiger partial charge on any atom is -0.0649 e. The molecule has 0 aliphatic heterocycles. The third kappa shape index (κ3) is 0.843. The van der Waals surface area contributed by atoms with Crippen molar-refractivity contribution in [2.75, 3.05) is 0 Å². The highest BCUT2D eigenvalue weighted by atomic mass is 14.7. The second kappa shape index (κ2) is 2.27. The normalized spacial score (nSPS) is 39.8. The summed E-state index contributed by atoms with van der Waals surface area (Å²) in [5.41, 5.74) is 1.59. The van der Waals surface area contributed by atoms with Crippen LogP contribution in [0.15, 0.2) is 0 Å². The molecule has 1 saturated carbocycles. The van der Waals surface area contributed by atoms with Crippen LogP contribution in [0.2, 0.25) is 0 Å². The highest BCUT2D eigenvalue weighted by Gasteiger charge is 2.70. The minimum atomic E-state index is 0.496. The Morgan fingerprint density at radius 3 is 1.58 bits per heavy atom. The van der Waals surface area contributed by atoms with Gasteiger partial charge in [0, 0.05) is 0 Å². The van der Waals surface area contributed by atoms with Gasteiger partial charge in [0.1, 0.15) is 0 Å². The Morgan fingerprint density at radius 1 is 1.17 bits per heavy atom. The van der Waals surface area contributed by atoms with Gasteiger partial charge in [-0.25, -0.2) is 0 Å². The second-order valence-electron chi connectivity index (χ2n) is 5.88. The van der Waals surface area contributed by atoms with Crippen LogP contribution in [0.1, 0.15) is 54.9 Å². The van der Waals surface area contributed by atoms with Crippen molar-refractivity contribution in [3.63, 3.8) is 0 Å². The Balaban J connectivity index is 2.92. The van der Waals surface area contributed by atoms with Crippen LogP contribution in [0.3, 0.4) is 0 Å². The van der Waals surface area contributed by atoms with Gasteiger partial charge < -0.3 is 0 Å². The highest BCUT2D eigenvalue weighted by molar-refractivity contribution is 5.18. The van der Waals surface area contributed by atoms with E-state index in [1.165, 1.54) is 6.42 Å². The van der Waals surface area contributed by atoms with E-state index in [1.807, 2.05) is 0 Å². The molecule has 0 aromatic carbocycles. The van der Waals surface area contributed by atoms with E-state index in [4.69, 9.17) is 0 Å². The molecule has 0 N–H and O–H groups in total. The molecule has 0 saturated heterocycles. The fourth-order valence-electron chi connectivity index (χ4n) is 3.10. The van der Waals surface area contributed by atoms with E-state index in [0.29, 0.717) is 16.2 Å². The minimum absolute atomic E-state index is 0.496. The first-order chi connectivity index (χ1) is 5.22. The maximum absolute atomic E-state index is 2.46. The van der Waals surface area contributed by atoms with Gasteiger partial charge in [-0.3, -0.25) is 0 Å². The summed E-state index contributed by atoms with van der Waals surface area (Å²) in [5.74, 6) is 0.875. The molecular weight excluding hydrogens is 144 g/mol. The zero-order valence-electron chi connectivity index (χ0n) is 9.78. The van der Waals surface area contributed by atoms with Crippen molar-refractivity contribution in [2.45, 2.75) is 54.9 Å². The van der Waals surface area contributed by atoms with Crippen molar-refractivity contribution in [3.05, 3.63) is 0 Å². The molecule has 0 spiro atoms. The van der Waals surface area contributed by atoms with Gasteiger partial charge in [-0.05, 0) is 22.2 Å². The van der Waals surface area contributed by atoms with Crippen LogP contribution >= 0.6 is 0 Å². The summed E-state index contributed by atoms with van der Waals surface area (Å²) in [6, 6.07) is 0. The molecule has 0 radical (unpaired) electrons. The summed E-state index contributed by atoms with van der Waals surface area (Å²) in [6.45, 7) is 16.8. The predicted molar refractivity (Wildman–Crippen MR) is 55.1 cm³/mol. The van der Waals surface area contributed by atoms with Crippen molar-refractivity contribution in [1.82, 2.24) is 0 Å². The van der Waals surface area contributed by atoms with Crippen molar-refractivity contribution >= 4 is 0 Å². The molecule has 0 aromatic rings. The van der Waals surface area contributed by atoms with Crippen molar-refractivity contribution < 1.29 is 0 Å². The number of rotatable bonds is 2. The van der Waals surface area contributed by atoms with Crippen LogP contribution in [0.25, 0.3) is 0 Å². The molecule has 0 nitrogen and oxygen atoms in total. The molecule has 0 heteroatoms. The molecule has 0 aromatic heterocycles. The van der Waals surface area contributed by atoms with Crippen LogP contribution in [-0.4, -0.2) is 0 Å². The second-order valence-corrected chi connectivity index (χ2v) is 5.88. The Morgan fingerprint density at radius 2 is 1.50 bits per heavy atom. The third-order valence-corrected chi connectivity index (χ3v) is 5.49. The fourth-order valence-corrected chi connectivity index (χ4v) is 3.10. The Bertz CT molecular complexity index is 188.